The summed E-state index contributed by atoms with van der Waals surface area (Å²) < 4.78 is 35.8. The van der Waals surface area contributed by atoms with E-state index in [4.69, 9.17) is 9.47 Å². The Morgan fingerprint density at radius 1 is 1.11 bits per heavy atom. The van der Waals surface area contributed by atoms with Crippen LogP contribution in [0, 0.1) is 0 Å². The summed E-state index contributed by atoms with van der Waals surface area (Å²) in [5.74, 6) is -0.542. The first-order valence-electron chi connectivity index (χ1n) is 11.7. The Hall–Kier alpha value is -3.11. The van der Waals surface area contributed by atoms with E-state index in [1.54, 1.807) is 36.4 Å². The highest BCUT2D eigenvalue weighted by atomic mass is 32.2. The summed E-state index contributed by atoms with van der Waals surface area (Å²) >= 11 is 0. The van der Waals surface area contributed by atoms with E-state index in [2.05, 4.69) is 10.6 Å². The molecule has 2 aliphatic heterocycles. The molecule has 2 aliphatic rings. The van der Waals surface area contributed by atoms with Crippen molar-refractivity contribution < 1.29 is 27.5 Å². The molecule has 4 rings (SSSR count). The summed E-state index contributed by atoms with van der Waals surface area (Å²) in [7, 11) is -2.05. The number of hydrogen-bond donors (Lipinski definition) is 2. The highest BCUT2D eigenvalue weighted by Crippen LogP contribution is 2.38. The highest BCUT2D eigenvalue weighted by molar-refractivity contribution is 7.90. The number of ether oxygens (including phenoxy) is 2. The van der Waals surface area contributed by atoms with E-state index in [1.165, 1.54) is 7.11 Å². The minimum atomic E-state index is -3.56. The van der Waals surface area contributed by atoms with Gasteiger partial charge in [-0.2, -0.15) is 0 Å². The Balaban J connectivity index is 1.74. The predicted octanol–water partition coefficient (Wildman–Crippen LogP) is 2.64. The molecule has 2 N–H and O–H groups in total. The normalized spacial score (nSPS) is 17.3. The van der Waals surface area contributed by atoms with Crippen molar-refractivity contribution in [3.05, 3.63) is 53.1 Å². The average molecular weight is 502 g/mol. The quantitative estimate of drug-likeness (QED) is 0.504. The third kappa shape index (κ3) is 5.28. The molecule has 0 aromatic heterocycles. The number of carbonyl (C=O) groups excluding carboxylic acids is 2. The van der Waals surface area contributed by atoms with Crippen LogP contribution in [0.2, 0.25) is 0 Å². The summed E-state index contributed by atoms with van der Waals surface area (Å²) in [4.78, 5) is 28.3. The molecule has 2 aromatic carbocycles. The third-order valence-corrected chi connectivity index (χ3v) is 7.21. The average Bonchev–Trinajstić information content (AvgIpc) is 3.08. The number of piperidine rings is 1. The summed E-state index contributed by atoms with van der Waals surface area (Å²) in [5, 5.41) is 6.73. The van der Waals surface area contributed by atoms with Gasteiger partial charge in [0.25, 0.3) is 11.8 Å². The number of benzene rings is 2. The molecule has 0 spiro atoms. The van der Waals surface area contributed by atoms with Crippen molar-refractivity contribution in [3.8, 4) is 11.5 Å². The van der Waals surface area contributed by atoms with Gasteiger partial charge in [0.05, 0.1) is 36.6 Å². The number of imide groups is 1. The predicted molar refractivity (Wildman–Crippen MR) is 133 cm³/mol. The maximum Gasteiger partial charge on any atom is 0.264 e. The Morgan fingerprint density at radius 2 is 1.86 bits per heavy atom. The Labute approximate surface area is 205 Å². The van der Waals surface area contributed by atoms with Gasteiger partial charge in [-0.3, -0.25) is 14.5 Å². The molecule has 2 amide bonds. The summed E-state index contributed by atoms with van der Waals surface area (Å²) in [6, 6.07) is 9.25. The lowest BCUT2D eigenvalue weighted by Gasteiger charge is -2.27. The lowest BCUT2D eigenvalue weighted by atomic mass is 10.0. The van der Waals surface area contributed by atoms with E-state index in [9.17, 15) is 18.0 Å². The van der Waals surface area contributed by atoms with Crippen LogP contribution < -0.4 is 20.1 Å². The van der Waals surface area contributed by atoms with Gasteiger partial charge in [-0.15, -0.1) is 0 Å². The zero-order valence-corrected chi connectivity index (χ0v) is 21.0. The van der Waals surface area contributed by atoms with Crippen LogP contribution >= 0.6 is 0 Å². The number of nitrogens with one attached hydrogen (secondary N) is 2. The van der Waals surface area contributed by atoms with Gasteiger partial charge in [-0.05, 0) is 62.7 Å². The van der Waals surface area contributed by atoms with Gasteiger partial charge in [0.15, 0.2) is 11.5 Å². The lowest BCUT2D eigenvalue weighted by molar-refractivity contribution is 0.0597. The van der Waals surface area contributed by atoms with Crippen molar-refractivity contribution in [2.45, 2.75) is 31.8 Å². The van der Waals surface area contributed by atoms with Crippen LogP contribution in [0.5, 0.6) is 11.5 Å². The molecule has 1 saturated heterocycles. The number of nitrogens with zero attached hydrogens (tertiary/aromatic N) is 1. The lowest BCUT2D eigenvalue weighted by Crippen LogP contribution is -2.38. The molecule has 9 nitrogen and oxygen atoms in total. The largest absolute Gasteiger partial charge is 0.493 e. The van der Waals surface area contributed by atoms with E-state index in [0.29, 0.717) is 29.4 Å². The standard InChI is InChI=1S/C25H31N3O6S/c1-4-34-22-14-16(8-9-21(22)33-2)20(15-35(3,31)32)28-24(29)18-6-5-7-19(23(18)25(28)30)27-17-10-12-26-13-11-17/h5-9,14,17,20,26-27H,4,10-13,15H2,1-3H3/t20-/m0/s1. The van der Waals surface area contributed by atoms with E-state index in [0.717, 1.165) is 37.1 Å². The van der Waals surface area contributed by atoms with Gasteiger partial charge < -0.3 is 20.1 Å². The van der Waals surface area contributed by atoms with E-state index in [-0.39, 0.29) is 17.2 Å². The SMILES string of the molecule is CCOc1cc([C@H](CS(C)(=O)=O)N2C(=O)c3cccc(NC4CCNCC4)c3C2=O)ccc1OC. The van der Waals surface area contributed by atoms with E-state index >= 15 is 0 Å². The molecule has 188 valence electrons. The van der Waals surface area contributed by atoms with Crippen LogP contribution in [0.25, 0.3) is 0 Å². The monoisotopic (exact) mass is 501 g/mol. The molecule has 2 aromatic rings. The smallest absolute Gasteiger partial charge is 0.264 e. The van der Waals surface area contributed by atoms with E-state index in [1.807, 2.05) is 6.92 Å². The second-order valence-electron chi connectivity index (χ2n) is 8.83. The first-order chi connectivity index (χ1) is 16.7. The van der Waals surface area contributed by atoms with Crippen LogP contribution in [-0.2, 0) is 9.84 Å². The van der Waals surface area contributed by atoms with E-state index < -0.39 is 33.4 Å². The third-order valence-electron chi connectivity index (χ3n) is 6.29. The molecule has 1 fully saturated rings. The molecule has 35 heavy (non-hydrogen) atoms. The van der Waals surface area contributed by atoms with Crippen molar-refractivity contribution in [2.75, 3.05) is 44.1 Å². The Bertz CT molecular complexity index is 1220. The number of rotatable bonds is 9. The molecule has 1 atom stereocenters. The van der Waals surface area contributed by atoms with Gasteiger partial charge in [0.1, 0.15) is 9.84 Å². The zero-order chi connectivity index (χ0) is 25.2. The van der Waals surface area contributed by atoms with Crippen molar-refractivity contribution in [2.24, 2.45) is 0 Å². The van der Waals surface area contributed by atoms with Crippen LogP contribution in [0.15, 0.2) is 36.4 Å². The molecule has 2 heterocycles. The summed E-state index contributed by atoms with van der Waals surface area (Å²) in [6.45, 7) is 3.94. The minimum absolute atomic E-state index is 0.182. The first-order valence-corrected chi connectivity index (χ1v) is 13.8. The molecule has 0 saturated carbocycles. The second kappa shape index (κ2) is 10.2. The molecule has 0 unspecified atom stereocenters. The summed E-state index contributed by atoms with van der Waals surface area (Å²) in [5.41, 5.74) is 1.62. The number of carbonyl (C=O) groups is 2. The highest BCUT2D eigenvalue weighted by Gasteiger charge is 2.43. The van der Waals surface area contributed by atoms with Gasteiger partial charge in [-0.1, -0.05) is 12.1 Å². The van der Waals surface area contributed by atoms with Gasteiger partial charge >= 0.3 is 0 Å². The van der Waals surface area contributed by atoms with Crippen LogP contribution in [0.4, 0.5) is 5.69 Å². The van der Waals surface area contributed by atoms with Crippen molar-refractivity contribution in [1.82, 2.24) is 10.2 Å². The maximum absolute atomic E-state index is 13.7. The number of amides is 2. The van der Waals surface area contributed by atoms with Gasteiger partial charge in [0.2, 0.25) is 0 Å². The van der Waals surface area contributed by atoms with Gasteiger partial charge in [0, 0.05) is 18.0 Å². The number of anilines is 1. The molecule has 0 aliphatic carbocycles. The molecule has 0 bridgehead atoms. The molecular formula is C25H31N3O6S. The van der Waals surface area contributed by atoms with Crippen molar-refractivity contribution >= 4 is 27.3 Å². The fourth-order valence-corrected chi connectivity index (χ4v) is 5.58. The fraction of sp³-hybridized carbons (Fsp3) is 0.440. The Kier molecular flexibility index (Phi) is 7.32. The van der Waals surface area contributed by atoms with Crippen LogP contribution in [-0.4, -0.2) is 70.0 Å². The van der Waals surface area contributed by atoms with Crippen molar-refractivity contribution in [3.63, 3.8) is 0 Å². The molecule has 10 heteroatoms. The topological polar surface area (TPSA) is 114 Å². The maximum atomic E-state index is 13.7. The molecular weight excluding hydrogens is 470 g/mol. The molecule has 0 radical (unpaired) electrons. The Morgan fingerprint density at radius 3 is 2.51 bits per heavy atom. The number of methoxy groups -OCH3 is 1. The first kappa shape index (κ1) is 25.0. The van der Waals surface area contributed by atoms with Crippen molar-refractivity contribution in [1.29, 1.82) is 0 Å². The van der Waals surface area contributed by atoms with Crippen LogP contribution in [0.3, 0.4) is 0 Å². The zero-order valence-electron chi connectivity index (χ0n) is 20.2. The van der Waals surface area contributed by atoms with Crippen LogP contribution in [0.1, 0.15) is 52.1 Å². The number of hydrogen-bond acceptors (Lipinski definition) is 8. The fourth-order valence-electron chi connectivity index (χ4n) is 4.67. The second-order valence-corrected chi connectivity index (χ2v) is 11.0. The summed E-state index contributed by atoms with van der Waals surface area (Å²) in [6.07, 6.45) is 2.89. The number of sulfone groups is 1. The van der Waals surface area contributed by atoms with Gasteiger partial charge in [-0.25, -0.2) is 8.42 Å². The minimum Gasteiger partial charge on any atom is -0.493 e. The number of fused-ring (bicyclic) bond motifs is 1.